The zero-order valence-electron chi connectivity index (χ0n) is 15.5. The smallest absolute Gasteiger partial charge is 0.251 e. The Kier molecular flexibility index (Phi) is 5.47. The number of likely N-dealkylation sites (N-methyl/N-ethyl adjacent to an activating group) is 1. The highest BCUT2D eigenvalue weighted by Gasteiger charge is 2.18. The molecule has 0 bridgehead atoms. The summed E-state index contributed by atoms with van der Waals surface area (Å²) < 4.78 is 5.57. The molecule has 0 saturated heterocycles. The van der Waals surface area contributed by atoms with Crippen molar-refractivity contribution >= 4 is 11.6 Å². The Labute approximate surface area is 154 Å². The first-order valence-electron chi connectivity index (χ1n) is 9.01. The van der Waals surface area contributed by atoms with Crippen LogP contribution in [-0.2, 0) is 6.42 Å². The van der Waals surface area contributed by atoms with E-state index in [1.54, 1.807) is 24.3 Å². The number of anilines is 1. The van der Waals surface area contributed by atoms with Crippen molar-refractivity contribution in [3.05, 3.63) is 59.2 Å². The summed E-state index contributed by atoms with van der Waals surface area (Å²) in [6.07, 6.45) is 0.361. The van der Waals surface area contributed by atoms with Crippen LogP contribution in [0.4, 0.5) is 5.69 Å². The normalized spacial score (nSPS) is 14.3. The van der Waals surface area contributed by atoms with Crippen molar-refractivity contribution in [3.8, 4) is 5.75 Å². The lowest BCUT2D eigenvalue weighted by atomic mass is 10.0. The average Bonchev–Trinajstić information content (AvgIpc) is 3.00. The maximum Gasteiger partial charge on any atom is 0.251 e. The van der Waals surface area contributed by atoms with Gasteiger partial charge >= 0.3 is 0 Å². The van der Waals surface area contributed by atoms with Crippen molar-refractivity contribution in [1.82, 2.24) is 5.32 Å². The van der Waals surface area contributed by atoms with Gasteiger partial charge in [0.25, 0.3) is 5.91 Å². The number of fused-ring (bicyclic) bond motifs is 1. The van der Waals surface area contributed by atoms with E-state index in [1.165, 1.54) is 11.3 Å². The number of ether oxygens (including phenoxy) is 1. The molecule has 0 radical (unpaired) electrons. The largest absolute Gasteiger partial charge is 0.491 e. The van der Waals surface area contributed by atoms with Gasteiger partial charge in [0.15, 0.2) is 0 Å². The zero-order chi connectivity index (χ0) is 18.7. The van der Waals surface area contributed by atoms with Crippen LogP contribution in [0.15, 0.2) is 42.5 Å². The quantitative estimate of drug-likeness (QED) is 0.837. The first-order valence-corrected chi connectivity index (χ1v) is 9.01. The summed E-state index contributed by atoms with van der Waals surface area (Å²) in [6, 6.07) is 13.0. The topological polar surface area (TPSA) is 61.8 Å². The van der Waals surface area contributed by atoms with Crippen LogP contribution < -0.4 is 15.0 Å². The molecule has 3 rings (SSSR count). The third-order valence-corrected chi connectivity index (χ3v) is 4.56. The van der Waals surface area contributed by atoms with E-state index in [4.69, 9.17) is 4.74 Å². The molecule has 1 atom stereocenters. The molecule has 0 fully saturated rings. The molecule has 1 aliphatic rings. The molecule has 1 aliphatic heterocycles. The number of benzene rings is 2. The molecule has 138 valence electrons. The number of aliphatic hydroxyl groups is 1. The number of aliphatic hydroxyl groups excluding tert-OH is 1. The van der Waals surface area contributed by atoms with E-state index < -0.39 is 6.10 Å². The first-order chi connectivity index (χ1) is 12.4. The molecular formula is C21H26N2O3. The molecule has 0 aliphatic carbocycles. The summed E-state index contributed by atoms with van der Waals surface area (Å²) in [5, 5.41) is 13.2. The Balaban J connectivity index is 1.57. The summed E-state index contributed by atoms with van der Waals surface area (Å²) in [6.45, 7) is 5.10. The molecular weight excluding hydrogens is 328 g/mol. The summed E-state index contributed by atoms with van der Waals surface area (Å²) in [5.41, 5.74) is 3.84. The van der Waals surface area contributed by atoms with E-state index in [9.17, 15) is 9.90 Å². The molecule has 2 aromatic rings. The molecule has 1 unspecified atom stereocenters. The third-order valence-electron chi connectivity index (χ3n) is 4.56. The predicted molar refractivity (Wildman–Crippen MR) is 103 cm³/mol. The summed E-state index contributed by atoms with van der Waals surface area (Å²) in [7, 11) is 2.07. The minimum absolute atomic E-state index is 0.0944. The lowest BCUT2D eigenvalue weighted by Gasteiger charge is -2.16. The minimum atomic E-state index is -0.723. The van der Waals surface area contributed by atoms with Gasteiger partial charge in [-0.2, -0.15) is 0 Å². The summed E-state index contributed by atoms with van der Waals surface area (Å²) in [5.74, 6) is 0.528. The van der Waals surface area contributed by atoms with Crippen LogP contribution in [0.2, 0.25) is 0 Å². The Morgan fingerprint density at radius 1 is 1.23 bits per heavy atom. The van der Waals surface area contributed by atoms with E-state index in [1.807, 2.05) is 32.0 Å². The number of hydrogen-bond acceptors (Lipinski definition) is 4. The van der Waals surface area contributed by atoms with Gasteiger partial charge < -0.3 is 20.1 Å². The van der Waals surface area contributed by atoms with Crippen LogP contribution in [0.1, 0.15) is 41.4 Å². The highest BCUT2D eigenvalue weighted by Crippen LogP contribution is 2.29. The number of hydrogen-bond donors (Lipinski definition) is 2. The van der Waals surface area contributed by atoms with Crippen molar-refractivity contribution in [2.45, 2.75) is 32.5 Å². The van der Waals surface area contributed by atoms with Gasteiger partial charge in [-0.1, -0.05) is 12.1 Å². The third kappa shape index (κ3) is 4.17. The maximum atomic E-state index is 12.3. The van der Waals surface area contributed by atoms with Crippen LogP contribution in [0.3, 0.4) is 0 Å². The molecule has 0 spiro atoms. The predicted octanol–water partition coefficient (Wildman–Crippen LogP) is 2.93. The van der Waals surface area contributed by atoms with E-state index in [2.05, 4.69) is 17.3 Å². The number of amides is 1. The van der Waals surface area contributed by atoms with E-state index >= 15 is 0 Å². The van der Waals surface area contributed by atoms with Gasteiger partial charge in [0.05, 0.1) is 12.2 Å². The van der Waals surface area contributed by atoms with Crippen LogP contribution in [-0.4, -0.2) is 37.3 Å². The van der Waals surface area contributed by atoms with Crippen molar-refractivity contribution in [2.75, 3.05) is 25.0 Å². The highest BCUT2D eigenvalue weighted by atomic mass is 16.5. The first kappa shape index (κ1) is 18.3. The van der Waals surface area contributed by atoms with Crippen LogP contribution in [0.25, 0.3) is 0 Å². The van der Waals surface area contributed by atoms with E-state index in [-0.39, 0.29) is 18.6 Å². The number of rotatable bonds is 6. The molecule has 1 amide bonds. The van der Waals surface area contributed by atoms with Crippen LogP contribution in [0.5, 0.6) is 5.75 Å². The molecule has 2 N–H and O–H groups in total. The second-order valence-electron chi connectivity index (χ2n) is 6.98. The number of carbonyl (C=O) groups is 1. The lowest BCUT2D eigenvalue weighted by Crippen LogP contribution is -2.28. The van der Waals surface area contributed by atoms with Gasteiger partial charge in [0.2, 0.25) is 0 Å². The maximum absolute atomic E-state index is 12.3. The van der Waals surface area contributed by atoms with Gasteiger partial charge in [-0.15, -0.1) is 0 Å². The molecule has 1 heterocycles. The Bertz CT molecular complexity index is 771. The standard InChI is InChI=1S/C21H26N2O3/c1-14(2)26-18-7-4-15(5-8-18)21(25)22-13-20(24)17-6-9-19-16(12-17)10-11-23(19)3/h4-9,12,14,20,24H,10-11,13H2,1-3H3,(H,22,25). The molecule has 0 aromatic heterocycles. The number of nitrogens with zero attached hydrogens (tertiary/aromatic N) is 1. The summed E-state index contributed by atoms with van der Waals surface area (Å²) in [4.78, 5) is 14.5. The number of carbonyl (C=O) groups excluding carboxylic acids is 1. The van der Waals surface area contributed by atoms with Gasteiger partial charge in [0.1, 0.15) is 5.75 Å². The summed E-state index contributed by atoms with van der Waals surface area (Å²) >= 11 is 0. The lowest BCUT2D eigenvalue weighted by molar-refractivity contribution is 0.0916. The molecule has 5 heteroatoms. The van der Waals surface area contributed by atoms with Gasteiger partial charge in [-0.3, -0.25) is 4.79 Å². The fourth-order valence-corrected chi connectivity index (χ4v) is 3.16. The van der Waals surface area contributed by atoms with Gasteiger partial charge in [0, 0.05) is 31.4 Å². The zero-order valence-corrected chi connectivity index (χ0v) is 15.5. The van der Waals surface area contributed by atoms with Gasteiger partial charge in [-0.25, -0.2) is 0 Å². The molecule has 26 heavy (non-hydrogen) atoms. The van der Waals surface area contributed by atoms with E-state index in [0.717, 1.165) is 24.3 Å². The fourth-order valence-electron chi connectivity index (χ4n) is 3.16. The Morgan fingerprint density at radius 3 is 2.65 bits per heavy atom. The van der Waals surface area contributed by atoms with Crippen molar-refractivity contribution < 1.29 is 14.6 Å². The van der Waals surface area contributed by atoms with Crippen molar-refractivity contribution in [3.63, 3.8) is 0 Å². The Hall–Kier alpha value is -2.53. The van der Waals surface area contributed by atoms with E-state index in [0.29, 0.717) is 5.56 Å². The van der Waals surface area contributed by atoms with Crippen LogP contribution in [0, 0.1) is 0 Å². The Morgan fingerprint density at radius 2 is 1.96 bits per heavy atom. The van der Waals surface area contributed by atoms with Crippen LogP contribution >= 0.6 is 0 Å². The second-order valence-corrected chi connectivity index (χ2v) is 6.98. The molecule has 0 saturated carbocycles. The second kappa shape index (κ2) is 7.79. The molecule has 5 nitrogen and oxygen atoms in total. The monoisotopic (exact) mass is 354 g/mol. The van der Waals surface area contributed by atoms with Gasteiger partial charge in [-0.05, 0) is 61.7 Å². The average molecular weight is 354 g/mol. The highest BCUT2D eigenvalue weighted by molar-refractivity contribution is 5.94. The SMILES string of the molecule is CC(C)Oc1ccc(C(=O)NCC(O)c2ccc3c(c2)CCN3C)cc1. The molecule has 2 aromatic carbocycles. The minimum Gasteiger partial charge on any atom is -0.491 e. The van der Waals surface area contributed by atoms with Crippen molar-refractivity contribution in [1.29, 1.82) is 0 Å². The fraction of sp³-hybridized carbons (Fsp3) is 0.381. The van der Waals surface area contributed by atoms with Crippen molar-refractivity contribution in [2.24, 2.45) is 0 Å². The number of nitrogens with one attached hydrogen (secondary N) is 1.